The van der Waals surface area contributed by atoms with Crippen LogP contribution in [-0.4, -0.2) is 11.7 Å². The van der Waals surface area contributed by atoms with Crippen LogP contribution in [0, 0.1) is 0 Å². The Morgan fingerprint density at radius 2 is 2.00 bits per heavy atom. The van der Waals surface area contributed by atoms with Crippen molar-refractivity contribution < 1.29 is 9.59 Å². The van der Waals surface area contributed by atoms with Gasteiger partial charge in [0.15, 0.2) is 0 Å². The van der Waals surface area contributed by atoms with E-state index in [-0.39, 0.29) is 18.1 Å². The Labute approximate surface area is 62.1 Å². The van der Waals surface area contributed by atoms with E-state index in [9.17, 15) is 9.59 Å². The third-order valence-electron chi connectivity index (χ3n) is 0.810. The van der Waals surface area contributed by atoms with E-state index in [4.69, 9.17) is 0 Å². The van der Waals surface area contributed by atoms with Crippen LogP contribution in [0.4, 0.5) is 0 Å². The van der Waals surface area contributed by atoms with E-state index in [0.29, 0.717) is 6.42 Å². The second-order valence-electron chi connectivity index (χ2n) is 1.72. The van der Waals surface area contributed by atoms with E-state index >= 15 is 0 Å². The number of halogens is 1. The van der Waals surface area contributed by atoms with Crippen LogP contribution in [-0.2, 0) is 9.59 Å². The van der Waals surface area contributed by atoms with Crippen molar-refractivity contribution in [1.82, 2.24) is 4.34 Å². The van der Waals surface area contributed by atoms with Crippen LogP contribution < -0.4 is 4.34 Å². The van der Waals surface area contributed by atoms with Crippen molar-refractivity contribution in [3.63, 3.8) is 0 Å². The molecular formula is C5H8BrNO2. The van der Waals surface area contributed by atoms with Gasteiger partial charge in [-0.2, -0.15) is 0 Å². The molecule has 4 heteroatoms. The number of Topliss-reactive ketones (excluding diaryl/α,β-unsaturated/α-hetero) is 1. The Bertz CT molecular complexity index is 124. The van der Waals surface area contributed by atoms with E-state index in [2.05, 4.69) is 20.5 Å². The molecule has 0 radical (unpaired) electrons. The average Bonchev–Trinajstić information content (AvgIpc) is 1.83. The van der Waals surface area contributed by atoms with Gasteiger partial charge in [-0.15, -0.1) is 0 Å². The van der Waals surface area contributed by atoms with Gasteiger partial charge in [0.25, 0.3) is 0 Å². The maximum absolute atomic E-state index is 10.4. The number of carbonyl (C=O) groups excluding carboxylic acids is 2. The van der Waals surface area contributed by atoms with Crippen molar-refractivity contribution >= 4 is 27.8 Å². The first-order valence-corrected chi connectivity index (χ1v) is 3.35. The summed E-state index contributed by atoms with van der Waals surface area (Å²) in [6.45, 7) is 1.46. The number of hydrogen-bond donors (Lipinski definition) is 1. The third kappa shape index (κ3) is 5.49. The molecule has 0 spiro atoms. The number of rotatable bonds is 3. The van der Waals surface area contributed by atoms with E-state index in [0.717, 1.165) is 0 Å². The number of ketones is 1. The topological polar surface area (TPSA) is 46.2 Å². The fourth-order valence-electron chi connectivity index (χ4n) is 0.337. The number of hydrogen-bond acceptors (Lipinski definition) is 2. The molecule has 3 nitrogen and oxygen atoms in total. The van der Waals surface area contributed by atoms with Gasteiger partial charge < -0.3 is 4.79 Å². The van der Waals surface area contributed by atoms with Crippen molar-refractivity contribution in [3.05, 3.63) is 0 Å². The third-order valence-corrected chi connectivity index (χ3v) is 1.25. The molecule has 0 aromatic heterocycles. The SMILES string of the molecule is CC(=O)CCC(=O)NBr. The number of amides is 1. The zero-order valence-electron chi connectivity index (χ0n) is 5.11. The van der Waals surface area contributed by atoms with Gasteiger partial charge in [-0.25, -0.2) is 0 Å². The maximum atomic E-state index is 10.4. The van der Waals surface area contributed by atoms with Crippen LogP contribution in [0.15, 0.2) is 0 Å². The summed E-state index contributed by atoms with van der Waals surface area (Å²) >= 11 is 2.75. The second-order valence-corrected chi connectivity index (χ2v) is 2.12. The minimum Gasteiger partial charge on any atom is -0.300 e. The lowest BCUT2D eigenvalue weighted by Gasteiger charge is -1.92. The molecule has 9 heavy (non-hydrogen) atoms. The van der Waals surface area contributed by atoms with Crippen LogP contribution in [0.25, 0.3) is 0 Å². The lowest BCUT2D eigenvalue weighted by atomic mass is 10.2. The maximum Gasteiger partial charge on any atom is 0.230 e. The summed E-state index contributed by atoms with van der Waals surface area (Å²) in [4.78, 5) is 20.7. The highest BCUT2D eigenvalue weighted by Crippen LogP contribution is 1.90. The van der Waals surface area contributed by atoms with Gasteiger partial charge in [0.1, 0.15) is 5.78 Å². The molecule has 0 rings (SSSR count). The molecule has 0 saturated carbocycles. The van der Waals surface area contributed by atoms with Crippen molar-refractivity contribution in [2.45, 2.75) is 19.8 Å². The molecule has 1 amide bonds. The molecule has 0 aliphatic heterocycles. The Balaban J connectivity index is 3.28. The molecule has 0 fully saturated rings. The fraction of sp³-hybridized carbons (Fsp3) is 0.600. The van der Waals surface area contributed by atoms with E-state index in [1.807, 2.05) is 0 Å². The molecule has 0 unspecified atom stereocenters. The van der Waals surface area contributed by atoms with Crippen LogP contribution >= 0.6 is 16.1 Å². The monoisotopic (exact) mass is 193 g/mol. The van der Waals surface area contributed by atoms with E-state index < -0.39 is 0 Å². The molecule has 52 valence electrons. The normalized spacial score (nSPS) is 8.67. The highest BCUT2D eigenvalue weighted by molar-refractivity contribution is 9.08. The van der Waals surface area contributed by atoms with Gasteiger partial charge in [-0.1, -0.05) is 0 Å². The minimum absolute atomic E-state index is 0.0334. The predicted octanol–water partition coefficient (Wildman–Crippen LogP) is 0.782. The first-order chi connectivity index (χ1) is 4.16. The number of carbonyl (C=O) groups is 2. The van der Waals surface area contributed by atoms with Gasteiger partial charge in [-0.3, -0.25) is 9.14 Å². The summed E-state index contributed by atoms with van der Waals surface area (Å²) in [5.41, 5.74) is 0. The zero-order chi connectivity index (χ0) is 7.28. The van der Waals surface area contributed by atoms with Gasteiger partial charge >= 0.3 is 0 Å². The zero-order valence-corrected chi connectivity index (χ0v) is 6.69. The molecule has 0 atom stereocenters. The Morgan fingerprint density at radius 3 is 2.33 bits per heavy atom. The first kappa shape index (κ1) is 8.62. The van der Waals surface area contributed by atoms with Gasteiger partial charge in [-0.05, 0) is 6.92 Å². The van der Waals surface area contributed by atoms with Crippen molar-refractivity contribution in [1.29, 1.82) is 0 Å². The molecule has 0 bridgehead atoms. The highest BCUT2D eigenvalue weighted by Gasteiger charge is 1.99. The second kappa shape index (κ2) is 4.49. The van der Waals surface area contributed by atoms with Crippen LogP contribution in [0.3, 0.4) is 0 Å². The lowest BCUT2D eigenvalue weighted by Crippen LogP contribution is -2.12. The Morgan fingerprint density at radius 1 is 1.44 bits per heavy atom. The molecule has 1 N–H and O–H groups in total. The molecule has 0 saturated heterocycles. The van der Waals surface area contributed by atoms with Gasteiger partial charge in [0.2, 0.25) is 5.91 Å². The summed E-state index contributed by atoms with van der Waals surface area (Å²) in [6.07, 6.45) is 0.581. The van der Waals surface area contributed by atoms with Crippen molar-refractivity contribution in [3.8, 4) is 0 Å². The summed E-state index contributed by atoms with van der Waals surface area (Å²) in [7, 11) is 0. The number of nitrogens with one attached hydrogen (secondary N) is 1. The largest absolute Gasteiger partial charge is 0.300 e. The highest BCUT2D eigenvalue weighted by atomic mass is 79.9. The molecule has 0 aromatic carbocycles. The lowest BCUT2D eigenvalue weighted by molar-refractivity contribution is -0.123. The molecule has 0 aliphatic carbocycles. The van der Waals surface area contributed by atoms with E-state index in [1.165, 1.54) is 6.92 Å². The molecule has 0 aromatic rings. The summed E-state index contributed by atoms with van der Waals surface area (Å²) in [5, 5.41) is 0. The average molecular weight is 194 g/mol. The smallest absolute Gasteiger partial charge is 0.230 e. The minimum atomic E-state index is -0.162. The van der Waals surface area contributed by atoms with Crippen molar-refractivity contribution in [2.24, 2.45) is 0 Å². The Kier molecular flexibility index (Phi) is 4.30. The summed E-state index contributed by atoms with van der Waals surface area (Å²) in [6, 6.07) is 0. The standard InChI is InChI=1S/C5H8BrNO2/c1-4(8)2-3-5(9)7-6/h2-3H2,1H3,(H,7,9). The molecule has 0 aliphatic rings. The van der Waals surface area contributed by atoms with E-state index in [1.54, 1.807) is 0 Å². The molecule has 0 heterocycles. The van der Waals surface area contributed by atoms with Crippen LogP contribution in [0.2, 0.25) is 0 Å². The van der Waals surface area contributed by atoms with Crippen molar-refractivity contribution in [2.75, 3.05) is 0 Å². The van der Waals surface area contributed by atoms with Crippen LogP contribution in [0.5, 0.6) is 0 Å². The summed E-state index contributed by atoms with van der Waals surface area (Å²) < 4.78 is 2.24. The first-order valence-electron chi connectivity index (χ1n) is 2.55. The quantitative estimate of drug-likeness (QED) is 0.674. The summed E-state index contributed by atoms with van der Waals surface area (Å²) in [5.74, 6) is -0.128. The molecular weight excluding hydrogens is 186 g/mol. The fourth-order valence-corrected chi connectivity index (χ4v) is 0.535. The Hall–Kier alpha value is -0.380. The van der Waals surface area contributed by atoms with Crippen LogP contribution in [0.1, 0.15) is 19.8 Å². The van der Waals surface area contributed by atoms with Gasteiger partial charge in [0, 0.05) is 29.0 Å². The van der Waals surface area contributed by atoms with Gasteiger partial charge in [0.05, 0.1) is 0 Å². The predicted molar refractivity (Wildman–Crippen MR) is 37.0 cm³/mol.